The molecule has 25 heavy (non-hydrogen) atoms. The minimum Gasteiger partial charge on any atom is -0.486 e. The minimum absolute atomic E-state index is 0.0185. The van der Waals surface area contributed by atoms with Gasteiger partial charge in [-0.1, -0.05) is 17.7 Å². The number of thiophene rings is 1. The van der Waals surface area contributed by atoms with E-state index in [4.69, 9.17) is 21.4 Å². The Labute approximate surface area is 154 Å². The summed E-state index contributed by atoms with van der Waals surface area (Å²) < 4.78 is 7.13. The number of hydrogen-bond acceptors (Lipinski definition) is 4. The molecule has 0 amide bonds. The van der Waals surface area contributed by atoms with Gasteiger partial charge in [-0.25, -0.2) is 0 Å². The van der Waals surface area contributed by atoms with Crippen LogP contribution in [0.5, 0.6) is 5.75 Å². The van der Waals surface area contributed by atoms with Gasteiger partial charge in [-0.2, -0.15) is 0 Å². The lowest BCUT2D eigenvalue weighted by Gasteiger charge is -2.15. The molecule has 0 radical (unpaired) electrons. The molecule has 1 N–H and O–H groups in total. The summed E-state index contributed by atoms with van der Waals surface area (Å²) in [5, 5.41) is 12.2. The Balaban J connectivity index is 1.64. The Bertz CT molecular complexity index is 982. The molecule has 1 aromatic carbocycles. The molecule has 128 valence electrons. The van der Waals surface area contributed by atoms with E-state index in [1.807, 2.05) is 24.4 Å². The first kappa shape index (κ1) is 16.4. The molecule has 6 heteroatoms. The van der Waals surface area contributed by atoms with E-state index in [1.54, 1.807) is 6.07 Å². The number of nitrogens with zero attached hydrogens (tertiary/aromatic N) is 1. The Morgan fingerprint density at radius 1 is 1.44 bits per heavy atom. The summed E-state index contributed by atoms with van der Waals surface area (Å²) in [6.07, 6.45) is 1.77. The van der Waals surface area contributed by atoms with Crippen LogP contribution in [0.1, 0.15) is 35.0 Å². The van der Waals surface area contributed by atoms with Crippen molar-refractivity contribution in [2.45, 2.75) is 32.3 Å². The topological polar surface area (TPSA) is 59.4 Å². The van der Waals surface area contributed by atoms with Crippen LogP contribution >= 0.6 is 22.9 Å². The summed E-state index contributed by atoms with van der Waals surface area (Å²) >= 11 is 7.91. The number of benzene rings is 1. The van der Waals surface area contributed by atoms with E-state index in [0.29, 0.717) is 10.8 Å². The average molecular weight is 374 g/mol. The van der Waals surface area contributed by atoms with Gasteiger partial charge in [0.05, 0.1) is 11.4 Å². The number of hydrogen-bond donors (Lipinski definition) is 1. The molecule has 3 aromatic rings. The van der Waals surface area contributed by atoms with Gasteiger partial charge in [-0.05, 0) is 48.9 Å². The third-order valence-electron chi connectivity index (χ3n) is 4.44. The molecule has 4 nitrogen and oxygen atoms in total. The van der Waals surface area contributed by atoms with Crippen molar-refractivity contribution in [2.24, 2.45) is 0 Å². The lowest BCUT2D eigenvalue weighted by atomic mass is 10.1. The van der Waals surface area contributed by atoms with Crippen molar-refractivity contribution in [3.8, 4) is 5.75 Å². The van der Waals surface area contributed by atoms with Crippen LogP contribution in [0.4, 0.5) is 0 Å². The molecule has 0 bridgehead atoms. The van der Waals surface area contributed by atoms with Crippen molar-refractivity contribution >= 4 is 39.0 Å². The summed E-state index contributed by atoms with van der Waals surface area (Å²) in [6, 6.07) is 7.82. The predicted molar refractivity (Wildman–Crippen MR) is 98.8 cm³/mol. The zero-order valence-corrected chi connectivity index (χ0v) is 15.2. The number of aromatic nitrogens is 1. The van der Waals surface area contributed by atoms with Gasteiger partial charge in [0.2, 0.25) is 0 Å². The Hall–Kier alpha value is -2.11. The SMILES string of the molecule is Cc1ccc2c(n1)CC[C@@H]2Oc1cc(Cl)c2c(CC(=O)O)csc2c1. The summed E-state index contributed by atoms with van der Waals surface area (Å²) in [7, 11) is 0. The number of carbonyl (C=O) groups is 1. The van der Waals surface area contributed by atoms with Gasteiger partial charge < -0.3 is 9.84 Å². The van der Waals surface area contributed by atoms with Crippen LogP contribution in [0, 0.1) is 6.92 Å². The van der Waals surface area contributed by atoms with E-state index >= 15 is 0 Å². The van der Waals surface area contributed by atoms with Gasteiger partial charge in [0.15, 0.2) is 0 Å². The monoisotopic (exact) mass is 373 g/mol. The number of carboxylic acids is 1. The van der Waals surface area contributed by atoms with E-state index < -0.39 is 5.97 Å². The molecule has 0 saturated carbocycles. The van der Waals surface area contributed by atoms with Gasteiger partial charge in [0.25, 0.3) is 0 Å². The van der Waals surface area contributed by atoms with Crippen molar-refractivity contribution in [1.29, 1.82) is 0 Å². The first-order valence-electron chi connectivity index (χ1n) is 8.06. The summed E-state index contributed by atoms with van der Waals surface area (Å²) in [5.74, 6) is -0.152. The molecule has 0 aliphatic heterocycles. The maximum absolute atomic E-state index is 11.0. The molecule has 0 saturated heterocycles. The standard InChI is InChI=1S/C19H16ClNO3S/c1-10-2-3-13-15(21-10)4-5-16(13)24-12-7-14(20)19-11(6-18(22)23)9-25-17(19)8-12/h2-3,7-9,16H,4-6H2,1H3,(H,22,23)/t16-/m0/s1. The van der Waals surface area contributed by atoms with Crippen LogP contribution in [-0.4, -0.2) is 16.1 Å². The normalized spacial score (nSPS) is 16.2. The molecular formula is C19H16ClNO3S. The van der Waals surface area contributed by atoms with Gasteiger partial charge in [-0.3, -0.25) is 9.78 Å². The summed E-state index contributed by atoms with van der Waals surface area (Å²) in [5.41, 5.74) is 4.01. The van der Waals surface area contributed by atoms with Crippen LogP contribution in [0.15, 0.2) is 29.6 Å². The number of aliphatic carboxylic acids is 1. The highest BCUT2D eigenvalue weighted by molar-refractivity contribution is 7.17. The fourth-order valence-corrected chi connectivity index (χ4v) is 4.74. The van der Waals surface area contributed by atoms with Crippen molar-refractivity contribution < 1.29 is 14.6 Å². The average Bonchev–Trinajstić information content (AvgIpc) is 3.11. The fourth-order valence-electron chi connectivity index (χ4n) is 3.34. The maximum Gasteiger partial charge on any atom is 0.307 e. The molecule has 0 spiro atoms. The number of pyridine rings is 1. The van der Waals surface area contributed by atoms with Crippen molar-refractivity contribution in [1.82, 2.24) is 4.98 Å². The number of aryl methyl sites for hydroxylation is 2. The third-order valence-corrected chi connectivity index (χ3v) is 5.71. The maximum atomic E-state index is 11.0. The van der Waals surface area contributed by atoms with Crippen molar-refractivity contribution in [3.05, 3.63) is 57.2 Å². The minimum atomic E-state index is -0.860. The number of ether oxygens (including phenoxy) is 1. The van der Waals surface area contributed by atoms with Crippen LogP contribution in [0.3, 0.4) is 0 Å². The zero-order chi connectivity index (χ0) is 17.6. The molecule has 4 rings (SSSR count). The van der Waals surface area contributed by atoms with E-state index in [0.717, 1.165) is 45.4 Å². The third kappa shape index (κ3) is 3.10. The molecule has 1 aliphatic carbocycles. The van der Waals surface area contributed by atoms with Gasteiger partial charge in [0.1, 0.15) is 11.9 Å². The Morgan fingerprint density at radius 3 is 3.08 bits per heavy atom. The fraction of sp³-hybridized carbons (Fsp3) is 0.263. The predicted octanol–water partition coefficient (Wildman–Crippen LogP) is 4.95. The Morgan fingerprint density at radius 2 is 2.28 bits per heavy atom. The van der Waals surface area contributed by atoms with Crippen LogP contribution in [0.25, 0.3) is 10.1 Å². The van der Waals surface area contributed by atoms with Crippen LogP contribution in [-0.2, 0) is 17.6 Å². The lowest BCUT2D eigenvalue weighted by Crippen LogP contribution is -2.04. The summed E-state index contributed by atoms with van der Waals surface area (Å²) in [4.78, 5) is 15.6. The second-order valence-electron chi connectivity index (χ2n) is 6.24. The Kier molecular flexibility index (Phi) is 4.13. The quantitative estimate of drug-likeness (QED) is 0.702. The highest BCUT2D eigenvalue weighted by Gasteiger charge is 2.25. The second-order valence-corrected chi connectivity index (χ2v) is 7.56. The highest BCUT2D eigenvalue weighted by atomic mass is 35.5. The van der Waals surface area contributed by atoms with Gasteiger partial charge in [0, 0.05) is 27.0 Å². The first-order valence-corrected chi connectivity index (χ1v) is 9.31. The highest BCUT2D eigenvalue weighted by Crippen LogP contribution is 2.39. The molecule has 1 atom stereocenters. The van der Waals surface area contributed by atoms with E-state index in [9.17, 15) is 4.79 Å². The van der Waals surface area contributed by atoms with Crippen molar-refractivity contribution in [2.75, 3.05) is 0 Å². The van der Waals surface area contributed by atoms with Gasteiger partial charge >= 0.3 is 5.97 Å². The zero-order valence-electron chi connectivity index (χ0n) is 13.6. The molecule has 2 aromatic heterocycles. The molecule has 2 heterocycles. The molecule has 0 fully saturated rings. The lowest BCUT2D eigenvalue weighted by molar-refractivity contribution is -0.136. The second kappa shape index (κ2) is 6.32. The number of halogens is 1. The van der Waals surface area contributed by atoms with Gasteiger partial charge in [-0.15, -0.1) is 11.3 Å². The van der Waals surface area contributed by atoms with Crippen LogP contribution < -0.4 is 4.74 Å². The first-order chi connectivity index (χ1) is 12.0. The van der Waals surface area contributed by atoms with Crippen LogP contribution in [0.2, 0.25) is 5.02 Å². The number of carboxylic acid groups (broad SMARTS) is 1. The molecule has 0 unspecified atom stereocenters. The smallest absolute Gasteiger partial charge is 0.307 e. The van der Waals surface area contributed by atoms with E-state index in [1.165, 1.54) is 11.3 Å². The van der Waals surface area contributed by atoms with E-state index in [-0.39, 0.29) is 12.5 Å². The molecule has 1 aliphatic rings. The number of fused-ring (bicyclic) bond motifs is 2. The largest absolute Gasteiger partial charge is 0.486 e. The molecular weight excluding hydrogens is 358 g/mol. The summed E-state index contributed by atoms with van der Waals surface area (Å²) in [6.45, 7) is 1.99. The number of rotatable bonds is 4. The van der Waals surface area contributed by atoms with E-state index in [2.05, 4.69) is 11.1 Å². The van der Waals surface area contributed by atoms with Crippen molar-refractivity contribution in [3.63, 3.8) is 0 Å².